The Bertz CT molecular complexity index is 863. The van der Waals surface area contributed by atoms with E-state index in [4.69, 9.17) is 28.4 Å². The summed E-state index contributed by atoms with van der Waals surface area (Å²) in [7, 11) is 3.06. The van der Waals surface area contributed by atoms with Gasteiger partial charge in [0.05, 0.1) is 26.4 Å². The highest BCUT2D eigenvalue weighted by atomic mass is 16.8. The van der Waals surface area contributed by atoms with Crippen molar-refractivity contribution in [1.29, 1.82) is 0 Å². The standard InChI is InChI=1S/C23H30O8/c1-12-7-6-8-15(24)21-18(30-23(2,3)31-21)11-17-20(29-17)14-9-13(26-4)10-16(27-5)19(14)22(25)28-12/h6,8-10,12,15,17-18,20-21,24H,7,11H2,1-5H3/b8-6+/t12-,15-,17+,18-,20+,21+/m0/s1. The minimum Gasteiger partial charge on any atom is -0.497 e. The molecule has 2 fully saturated rings. The van der Waals surface area contributed by atoms with Gasteiger partial charge in [0.15, 0.2) is 5.79 Å². The van der Waals surface area contributed by atoms with Crippen molar-refractivity contribution in [2.45, 2.75) is 76.0 Å². The van der Waals surface area contributed by atoms with E-state index in [0.717, 1.165) is 0 Å². The van der Waals surface area contributed by atoms with E-state index in [1.807, 2.05) is 13.8 Å². The van der Waals surface area contributed by atoms with E-state index >= 15 is 0 Å². The summed E-state index contributed by atoms with van der Waals surface area (Å²) in [6.45, 7) is 5.46. The first-order valence-electron chi connectivity index (χ1n) is 10.5. The Morgan fingerprint density at radius 2 is 1.90 bits per heavy atom. The lowest BCUT2D eigenvalue weighted by atomic mass is 9.96. The monoisotopic (exact) mass is 434 g/mol. The molecule has 0 bridgehead atoms. The Balaban J connectivity index is 1.71. The topological polar surface area (TPSA) is 96.0 Å². The average molecular weight is 434 g/mol. The number of carbonyl (C=O) groups is 1. The Morgan fingerprint density at radius 3 is 2.61 bits per heavy atom. The maximum absolute atomic E-state index is 13.0. The molecule has 3 aliphatic rings. The molecule has 0 unspecified atom stereocenters. The molecule has 0 aliphatic carbocycles. The third-order valence-corrected chi connectivity index (χ3v) is 5.79. The second kappa shape index (κ2) is 8.43. The minimum absolute atomic E-state index is 0.204. The maximum atomic E-state index is 13.0. The van der Waals surface area contributed by atoms with Crippen LogP contribution < -0.4 is 9.47 Å². The van der Waals surface area contributed by atoms with E-state index in [2.05, 4.69) is 0 Å². The molecule has 0 aromatic heterocycles. The molecule has 8 heteroatoms. The number of fused-ring (bicyclic) bond motifs is 4. The molecule has 4 rings (SSSR count). The van der Waals surface area contributed by atoms with Crippen molar-refractivity contribution in [3.05, 3.63) is 35.4 Å². The molecule has 8 nitrogen and oxygen atoms in total. The summed E-state index contributed by atoms with van der Waals surface area (Å²) in [5.74, 6) is -0.358. The van der Waals surface area contributed by atoms with Gasteiger partial charge in [-0.3, -0.25) is 0 Å². The molecule has 6 atom stereocenters. The van der Waals surface area contributed by atoms with Crippen LogP contribution in [-0.4, -0.2) is 61.6 Å². The third kappa shape index (κ3) is 4.57. The van der Waals surface area contributed by atoms with E-state index in [1.54, 1.807) is 38.3 Å². The van der Waals surface area contributed by atoms with Crippen molar-refractivity contribution in [2.75, 3.05) is 14.2 Å². The highest BCUT2D eigenvalue weighted by Gasteiger charge is 2.51. The minimum atomic E-state index is -0.845. The molecule has 0 spiro atoms. The number of hydrogen-bond acceptors (Lipinski definition) is 8. The van der Waals surface area contributed by atoms with Crippen molar-refractivity contribution in [3.63, 3.8) is 0 Å². The van der Waals surface area contributed by atoms with Gasteiger partial charge in [-0.1, -0.05) is 12.2 Å². The van der Waals surface area contributed by atoms with Gasteiger partial charge in [-0.25, -0.2) is 4.79 Å². The number of epoxide rings is 1. The second-order valence-electron chi connectivity index (χ2n) is 8.63. The van der Waals surface area contributed by atoms with Gasteiger partial charge in [0.25, 0.3) is 0 Å². The Hall–Kier alpha value is -2.13. The lowest BCUT2D eigenvalue weighted by Crippen LogP contribution is -2.35. The van der Waals surface area contributed by atoms with Crippen LogP contribution in [0.3, 0.4) is 0 Å². The number of esters is 1. The van der Waals surface area contributed by atoms with Crippen LogP contribution in [0.1, 0.15) is 55.6 Å². The fourth-order valence-corrected chi connectivity index (χ4v) is 4.30. The second-order valence-corrected chi connectivity index (χ2v) is 8.63. The first kappa shape index (κ1) is 22.1. The number of ether oxygens (including phenoxy) is 6. The van der Waals surface area contributed by atoms with Crippen LogP contribution in [0.4, 0.5) is 0 Å². The molecular formula is C23H30O8. The summed E-state index contributed by atoms with van der Waals surface area (Å²) < 4.78 is 34.5. The lowest BCUT2D eigenvalue weighted by Gasteiger charge is -2.21. The quantitative estimate of drug-likeness (QED) is 0.431. The van der Waals surface area contributed by atoms with Gasteiger partial charge >= 0.3 is 5.97 Å². The zero-order valence-corrected chi connectivity index (χ0v) is 18.5. The SMILES string of the molecule is COc1cc(OC)c2c(c1)[C@H]1O[C@@H]1C[C@@H]1OC(C)(C)O[C@@H]1[C@@H](O)/C=C/C[C@H](C)OC2=O. The number of carbonyl (C=O) groups excluding carboxylic acids is 1. The molecule has 1 aromatic rings. The maximum Gasteiger partial charge on any atom is 0.342 e. The van der Waals surface area contributed by atoms with Gasteiger partial charge in [-0.05, 0) is 26.8 Å². The zero-order valence-electron chi connectivity index (χ0n) is 18.5. The largest absolute Gasteiger partial charge is 0.497 e. The van der Waals surface area contributed by atoms with E-state index in [1.165, 1.54) is 7.11 Å². The van der Waals surface area contributed by atoms with E-state index in [9.17, 15) is 9.90 Å². The van der Waals surface area contributed by atoms with Crippen molar-refractivity contribution in [2.24, 2.45) is 0 Å². The summed E-state index contributed by atoms with van der Waals surface area (Å²) in [4.78, 5) is 13.0. The van der Waals surface area contributed by atoms with Gasteiger partial charge in [0, 0.05) is 24.5 Å². The number of aliphatic hydroxyl groups excluding tert-OH is 1. The molecule has 3 aliphatic heterocycles. The van der Waals surface area contributed by atoms with E-state index in [-0.39, 0.29) is 18.3 Å². The van der Waals surface area contributed by atoms with Crippen molar-refractivity contribution in [3.8, 4) is 11.5 Å². The molecule has 31 heavy (non-hydrogen) atoms. The van der Waals surface area contributed by atoms with E-state index < -0.39 is 30.1 Å². The van der Waals surface area contributed by atoms with Crippen LogP contribution in [0.15, 0.2) is 24.3 Å². The first-order valence-corrected chi connectivity index (χ1v) is 10.5. The molecule has 0 radical (unpaired) electrons. The Kier molecular flexibility index (Phi) is 6.00. The van der Waals surface area contributed by atoms with Gasteiger partial charge in [0.1, 0.15) is 41.5 Å². The van der Waals surface area contributed by atoms with E-state index in [0.29, 0.717) is 35.5 Å². The number of cyclic esters (lactones) is 1. The molecule has 0 amide bonds. The third-order valence-electron chi connectivity index (χ3n) is 5.79. The molecule has 2 saturated heterocycles. The highest BCUT2D eigenvalue weighted by molar-refractivity contribution is 5.95. The first-order chi connectivity index (χ1) is 14.7. The van der Waals surface area contributed by atoms with Gasteiger partial charge < -0.3 is 33.5 Å². The van der Waals surface area contributed by atoms with Crippen LogP contribution in [0.5, 0.6) is 11.5 Å². The number of methoxy groups -OCH3 is 2. The van der Waals surface area contributed by atoms with Crippen molar-refractivity contribution < 1.29 is 38.3 Å². The number of rotatable bonds is 2. The summed E-state index contributed by atoms with van der Waals surface area (Å²) in [6.07, 6.45) is 1.75. The van der Waals surface area contributed by atoms with Crippen LogP contribution in [0, 0.1) is 0 Å². The predicted octanol–water partition coefficient (Wildman–Crippen LogP) is 2.92. The van der Waals surface area contributed by atoms with Crippen LogP contribution >= 0.6 is 0 Å². The molecule has 1 N–H and O–H groups in total. The smallest absolute Gasteiger partial charge is 0.342 e. The molecule has 1 aromatic carbocycles. The Labute approximate surface area is 182 Å². The summed E-state index contributed by atoms with van der Waals surface area (Å²) in [6, 6.07) is 3.44. The predicted molar refractivity (Wildman–Crippen MR) is 110 cm³/mol. The van der Waals surface area contributed by atoms with Crippen LogP contribution in [0.2, 0.25) is 0 Å². The van der Waals surface area contributed by atoms with Crippen LogP contribution in [-0.2, 0) is 18.9 Å². The normalized spacial score (nSPS) is 35.6. The van der Waals surface area contributed by atoms with Crippen molar-refractivity contribution in [1.82, 2.24) is 0 Å². The summed E-state index contributed by atoms with van der Waals surface area (Å²) >= 11 is 0. The van der Waals surface area contributed by atoms with Gasteiger partial charge in [-0.2, -0.15) is 0 Å². The molecule has 3 heterocycles. The van der Waals surface area contributed by atoms with Gasteiger partial charge in [0.2, 0.25) is 0 Å². The fraction of sp³-hybridized carbons (Fsp3) is 0.609. The van der Waals surface area contributed by atoms with Crippen molar-refractivity contribution >= 4 is 5.97 Å². The van der Waals surface area contributed by atoms with Gasteiger partial charge in [-0.15, -0.1) is 0 Å². The number of hydrogen-bond donors (Lipinski definition) is 1. The molecule has 170 valence electrons. The lowest BCUT2D eigenvalue weighted by molar-refractivity contribution is -0.153. The van der Waals surface area contributed by atoms with Crippen LogP contribution in [0.25, 0.3) is 0 Å². The summed E-state index contributed by atoms with van der Waals surface area (Å²) in [5, 5.41) is 10.7. The highest BCUT2D eigenvalue weighted by Crippen LogP contribution is 2.48. The molecular weight excluding hydrogens is 404 g/mol. The molecule has 0 saturated carbocycles. The number of aliphatic hydroxyl groups is 1. The zero-order chi connectivity index (χ0) is 22.3. The average Bonchev–Trinajstić information content (AvgIpc) is 3.40. The summed E-state index contributed by atoms with van der Waals surface area (Å²) in [5.41, 5.74) is 0.991. The number of benzene rings is 1. The Morgan fingerprint density at radius 1 is 1.13 bits per heavy atom. The fourth-order valence-electron chi connectivity index (χ4n) is 4.30.